The Kier molecular flexibility index (Phi) is 4.51. The highest BCUT2D eigenvalue weighted by molar-refractivity contribution is 5.87. The third-order valence-electron chi connectivity index (χ3n) is 4.76. The maximum atomic E-state index is 11.1. The Morgan fingerprint density at radius 1 is 1.29 bits per heavy atom. The first-order chi connectivity index (χ1) is 11.4. The van der Waals surface area contributed by atoms with Crippen LogP contribution >= 0.6 is 0 Å². The summed E-state index contributed by atoms with van der Waals surface area (Å²) >= 11 is 0. The molecule has 2 heterocycles. The van der Waals surface area contributed by atoms with Gasteiger partial charge in [0.05, 0.1) is 5.56 Å². The van der Waals surface area contributed by atoms with Crippen LogP contribution in [0.15, 0.2) is 24.3 Å². The Balaban J connectivity index is 1.72. The highest BCUT2D eigenvalue weighted by atomic mass is 16.4. The molecule has 5 nitrogen and oxygen atoms in total. The molecule has 1 N–H and O–H groups in total. The fourth-order valence-corrected chi connectivity index (χ4v) is 3.41. The summed E-state index contributed by atoms with van der Waals surface area (Å²) < 4.78 is 0. The second-order valence-electron chi connectivity index (χ2n) is 6.62. The minimum absolute atomic E-state index is 0.361. The second-order valence-corrected chi connectivity index (χ2v) is 6.62. The number of aromatic carboxylic acids is 1. The lowest BCUT2D eigenvalue weighted by molar-refractivity contribution is 0.0696. The van der Waals surface area contributed by atoms with Gasteiger partial charge in [0.1, 0.15) is 11.6 Å². The molecule has 1 aromatic heterocycles. The minimum atomic E-state index is -0.868. The van der Waals surface area contributed by atoms with Crippen LogP contribution in [0, 0.1) is 26.7 Å². The Hall–Kier alpha value is -2.43. The van der Waals surface area contributed by atoms with Gasteiger partial charge in [0.25, 0.3) is 0 Å². The van der Waals surface area contributed by atoms with E-state index in [0.29, 0.717) is 11.5 Å². The van der Waals surface area contributed by atoms with Crippen LogP contribution in [0.4, 0.5) is 5.82 Å². The van der Waals surface area contributed by atoms with Crippen molar-refractivity contribution in [3.63, 3.8) is 0 Å². The molecule has 1 unspecified atom stereocenters. The molecule has 3 rings (SSSR count). The number of benzene rings is 1. The molecule has 1 fully saturated rings. The molecule has 1 atom stereocenters. The predicted octanol–water partition coefficient (Wildman–Crippen LogP) is 3.17. The van der Waals surface area contributed by atoms with Crippen LogP contribution in [0.5, 0.6) is 0 Å². The van der Waals surface area contributed by atoms with Crippen molar-refractivity contribution in [2.45, 2.75) is 33.6 Å². The van der Waals surface area contributed by atoms with Gasteiger partial charge in [0.15, 0.2) is 0 Å². The monoisotopic (exact) mass is 325 g/mol. The van der Waals surface area contributed by atoms with E-state index in [1.54, 1.807) is 12.1 Å². The molecule has 126 valence electrons. The van der Waals surface area contributed by atoms with Gasteiger partial charge in [-0.3, -0.25) is 0 Å². The number of anilines is 1. The van der Waals surface area contributed by atoms with E-state index in [0.717, 1.165) is 54.4 Å². The molecule has 0 bridgehead atoms. The lowest BCUT2D eigenvalue weighted by Crippen LogP contribution is -2.23. The number of carboxylic acid groups (broad SMARTS) is 1. The van der Waals surface area contributed by atoms with Gasteiger partial charge in [-0.15, -0.1) is 0 Å². The van der Waals surface area contributed by atoms with Crippen molar-refractivity contribution in [1.82, 2.24) is 9.97 Å². The maximum absolute atomic E-state index is 11.1. The van der Waals surface area contributed by atoms with Crippen molar-refractivity contribution >= 4 is 11.8 Å². The quantitative estimate of drug-likeness (QED) is 0.935. The van der Waals surface area contributed by atoms with Gasteiger partial charge in [-0.1, -0.05) is 12.1 Å². The van der Waals surface area contributed by atoms with Crippen LogP contribution in [-0.4, -0.2) is 34.1 Å². The van der Waals surface area contributed by atoms with Crippen LogP contribution < -0.4 is 4.90 Å². The van der Waals surface area contributed by atoms with Crippen molar-refractivity contribution in [3.8, 4) is 0 Å². The normalized spacial score (nSPS) is 17.3. The molecule has 0 saturated carbocycles. The van der Waals surface area contributed by atoms with E-state index < -0.39 is 5.97 Å². The first kappa shape index (κ1) is 16.4. The SMILES string of the molecule is Cc1nc(C)c(C)c(N2CCC(Cc3cccc(C(=O)O)c3)C2)n1. The molecule has 1 aliphatic heterocycles. The van der Waals surface area contributed by atoms with Crippen LogP contribution in [0.3, 0.4) is 0 Å². The van der Waals surface area contributed by atoms with E-state index in [-0.39, 0.29) is 0 Å². The third kappa shape index (κ3) is 3.40. The highest BCUT2D eigenvalue weighted by Crippen LogP contribution is 2.28. The minimum Gasteiger partial charge on any atom is -0.478 e. The highest BCUT2D eigenvalue weighted by Gasteiger charge is 2.25. The zero-order valence-corrected chi connectivity index (χ0v) is 14.4. The fraction of sp³-hybridized carbons (Fsp3) is 0.421. The zero-order valence-electron chi connectivity index (χ0n) is 14.4. The first-order valence-electron chi connectivity index (χ1n) is 8.33. The number of hydrogen-bond donors (Lipinski definition) is 1. The zero-order chi connectivity index (χ0) is 17.3. The van der Waals surface area contributed by atoms with Gasteiger partial charge in [-0.25, -0.2) is 14.8 Å². The number of aromatic nitrogens is 2. The van der Waals surface area contributed by atoms with Crippen molar-refractivity contribution in [2.75, 3.05) is 18.0 Å². The van der Waals surface area contributed by atoms with Gasteiger partial charge < -0.3 is 10.0 Å². The lowest BCUT2D eigenvalue weighted by Gasteiger charge is -2.21. The Bertz CT molecular complexity index is 773. The summed E-state index contributed by atoms with van der Waals surface area (Å²) in [5.74, 6) is 1.50. The molecule has 2 aromatic rings. The van der Waals surface area contributed by atoms with Gasteiger partial charge in [-0.05, 0) is 57.2 Å². The van der Waals surface area contributed by atoms with Crippen molar-refractivity contribution < 1.29 is 9.90 Å². The van der Waals surface area contributed by atoms with Crippen LogP contribution in [0.1, 0.15) is 39.4 Å². The van der Waals surface area contributed by atoms with E-state index in [1.165, 1.54) is 0 Å². The topological polar surface area (TPSA) is 66.3 Å². The molecule has 1 aromatic carbocycles. The van der Waals surface area contributed by atoms with Gasteiger partial charge >= 0.3 is 5.97 Å². The molecular weight excluding hydrogens is 302 g/mol. The molecule has 0 spiro atoms. The van der Waals surface area contributed by atoms with Gasteiger partial charge in [0.2, 0.25) is 0 Å². The molecule has 0 radical (unpaired) electrons. The number of rotatable bonds is 4. The summed E-state index contributed by atoms with van der Waals surface area (Å²) in [7, 11) is 0. The Morgan fingerprint density at radius 2 is 2.08 bits per heavy atom. The Morgan fingerprint density at radius 3 is 2.83 bits per heavy atom. The summed E-state index contributed by atoms with van der Waals surface area (Å²) in [6.07, 6.45) is 2.00. The van der Waals surface area contributed by atoms with Gasteiger partial charge in [0, 0.05) is 24.3 Å². The third-order valence-corrected chi connectivity index (χ3v) is 4.76. The van der Waals surface area contributed by atoms with Crippen LogP contribution in [-0.2, 0) is 6.42 Å². The second kappa shape index (κ2) is 6.59. The summed E-state index contributed by atoms with van der Waals surface area (Å²) in [4.78, 5) is 22.5. The van der Waals surface area contributed by atoms with E-state index >= 15 is 0 Å². The standard InChI is InChI=1S/C19H23N3O2/c1-12-13(2)20-14(3)21-18(12)22-8-7-16(11-22)9-15-5-4-6-17(10-15)19(23)24/h4-6,10,16H,7-9,11H2,1-3H3,(H,23,24). The maximum Gasteiger partial charge on any atom is 0.335 e. The lowest BCUT2D eigenvalue weighted by atomic mass is 9.97. The van der Waals surface area contributed by atoms with Crippen molar-refractivity contribution in [3.05, 3.63) is 52.5 Å². The molecule has 24 heavy (non-hydrogen) atoms. The Labute approximate surface area is 142 Å². The van der Waals surface area contributed by atoms with E-state index in [9.17, 15) is 4.79 Å². The van der Waals surface area contributed by atoms with E-state index in [1.807, 2.05) is 26.0 Å². The van der Waals surface area contributed by atoms with Crippen molar-refractivity contribution in [2.24, 2.45) is 5.92 Å². The fourth-order valence-electron chi connectivity index (χ4n) is 3.41. The first-order valence-corrected chi connectivity index (χ1v) is 8.33. The predicted molar refractivity (Wildman–Crippen MR) is 93.7 cm³/mol. The summed E-state index contributed by atoms with van der Waals surface area (Å²) in [5.41, 5.74) is 3.64. The molecule has 0 aliphatic carbocycles. The number of hydrogen-bond acceptors (Lipinski definition) is 4. The molecular formula is C19H23N3O2. The smallest absolute Gasteiger partial charge is 0.335 e. The largest absolute Gasteiger partial charge is 0.478 e. The summed E-state index contributed by atoms with van der Waals surface area (Å²) in [5, 5.41) is 9.12. The summed E-state index contributed by atoms with van der Waals surface area (Å²) in [6.45, 7) is 7.97. The molecule has 5 heteroatoms. The summed E-state index contributed by atoms with van der Waals surface area (Å²) in [6, 6.07) is 7.27. The van der Waals surface area contributed by atoms with Gasteiger partial charge in [-0.2, -0.15) is 0 Å². The average Bonchev–Trinajstić information content (AvgIpc) is 2.99. The molecule has 1 aliphatic rings. The average molecular weight is 325 g/mol. The van der Waals surface area contributed by atoms with Crippen LogP contribution in [0.2, 0.25) is 0 Å². The number of aryl methyl sites for hydroxylation is 2. The van der Waals surface area contributed by atoms with Crippen LogP contribution in [0.25, 0.3) is 0 Å². The molecule has 0 amide bonds. The molecule has 1 saturated heterocycles. The van der Waals surface area contributed by atoms with E-state index in [2.05, 4.69) is 21.8 Å². The number of carboxylic acids is 1. The van der Waals surface area contributed by atoms with Crippen molar-refractivity contribution in [1.29, 1.82) is 0 Å². The number of carbonyl (C=O) groups is 1. The van der Waals surface area contributed by atoms with E-state index in [4.69, 9.17) is 5.11 Å². The number of nitrogens with zero attached hydrogens (tertiary/aromatic N) is 3.